The highest BCUT2D eigenvalue weighted by Crippen LogP contribution is 2.19. The van der Waals surface area contributed by atoms with Crippen LogP contribution >= 0.6 is 0 Å². The molecule has 0 saturated carbocycles. The lowest BCUT2D eigenvalue weighted by Crippen LogP contribution is -2.49. The van der Waals surface area contributed by atoms with Crippen LogP contribution in [-0.4, -0.2) is 62.2 Å². The molecule has 8 heteroatoms. The zero-order valence-electron chi connectivity index (χ0n) is 15.2. The van der Waals surface area contributed by atoms with E-state index in [1.54, 1.807) is 11.0 Å². The van der Waals surface area contributed by atoms with Crippen LogP contribution in [0.4, 0.5) is 5.82 Å². The van der Waals surface area contributed by atoms with Gasteiger partial charge in [0.1, 0.15) is 12.1 Å². The third-order valence-electron chi connectivity index (χ3n) is 4.79. The Bertz CT molecular complexity index is 900. The molecule has 27 heavy (non-hydrogen) atoms. The molecule has 1 aliphatic heterocycles. The molecule has 138 valence electrons. The SMILES string of the molecule is Cc1cccnc1N1CCN(C(=O)c2ccc(Cn3cnnn3)cc2)CC1. The molecule has 0 spiro atoms. The third kappa shape index (κ3) is 3.79. The maximum absolute atomic E-state index is 12.8. The number of carbonyl (C=O) groups excluding carboxylic acids is 1. The molecule has 0 unspecified atom stereocenters. The minimum absolute atomic E-state index is 0.0707. The molecule has 0 atom stereocenters. The van der Waals surface area contributed by atoms with Crippen molar-refractivity contribution >= 4 is 11.7 Å². The molecule has 1 aliphatic rings. The molecule has 1 saturated heterocycles. The third-order valence-corrected chi connectivity index (χ3v) is 4.79. The summed E-state index contributed by atoms with van der Waals surface area (Å²) in [4.78, 5) is 21.4. The number of pyridine rings is 1. The molecular formula is C19H21N7O. The van der Waals surface area contributed by atoms with Crippen molar-refractivity contribution in [1.29, 1.82) is 0 Å². The number of carbonyl (C=O) groups is 1. The first-order valence-corrected chi connectivity index (χ1v) is 8.96. The van der Waals surface area contributed by atoms with Crippen LogP contribution in [0.25, 0.3) is 0 Å². The number of nitrogens with zero attached hydrogens (tertiary/aromatic N) is 7. The summed E-state index contributed by atoms with van der Waals surface area (Å²) >= 11 is 0. The van der Waals surface area contributed by atoms with E-state index in [9.17, 15) is 4.79 Å². The summed E-state index contributed by atoms with van der Waals surface area (Å²) in [7, 11) is 0. The first kappa shape index (κ1) is 17.1. The van der Waals surface area contributed by atoms with Crippen LogP contribution in [-0.2, 0) is 6.54 Å². The van der Waals surface area contributed by atoms with Gasteiger partial charge in [-0.2, -0.15) is 0 Å². The van der Waals surface area contributed by atoms with Gasteiger partial charge in [-0.25, -0.2) is 9.67 Å². The molecular weight excluding hydrogens is 342 g/mol. The van der Waals surface area contributed by atoms with E-state index in [-0.39, 0.29) is 5.91 Å². The van der Waals surface area contributed by atoms with E-state index in [0.29, 0.717) is 25.2 Å². The van der Waals surface area contributed by atoms with Crippen molar-refractivity contribution in [3.63, 3.8) is 0 Å². The van der Waals surface area contributed by atoms with Crippen LogP contribution in [0.15, 0.2) is 48.9 Å². The van der Waals surface area contributed by atoms with Crippen molar-refractivity contribution in [2.24, 2.45) is 0 Å². The van der Waals surface area contributed by atoms with E-state index in [1.165, 1.54) is 0 Å². The average Bonchev–Trinajstić information content (AvgIpc) is 3.22. The number of benzene rings is 1. The first-order valence-electron chi connectivity index (χ1n) is 8.96. The van der Waals surface area contributed by atoms with Crippen LogP contribution < -0.4 is 4.90 Å². The zero-order valence-corrected chi connectivity index (χ0v) is 15.2. The first-order chi connectivity index (χ1) is 13.2. The molecule has 0 bridgehead atoms. The summed E-state index contributed by atoms with van der Waals surface area (Å²) in [6.07, 6.45) is 3.39. The van der Waals surface area contributed by atoms with Gasteiger partial charge in [0.15, 0.2) is 0 Å². The Kier molecular flexibility index (Phi) is 4.78. The topological polar surface area (TPSA) is 80.0 Å². The molecule has 0 aliphatic carbocycles. The van der Waals surface area contributed by atoms with Gasteiger partial charge < -0.3 is 9.80 Å². The summed E-state index contributed by atoms with van der Waals surface area (Å²) in [6, 6.07) is 11.7. The highest BCUT2D eigenvalue weighted by atomic mass is 16.2. The molecule has 0 radical (unpaired) electrons. The van der Waals surface area contributed by atoms with Gasteiger partial charge in [0.25, 0.3) is 5.91 Å². The van der Waals surface area contributed by atoms with Crippen LogP contribution in [0.3, 0.4) is 0 Å². The van der Waals surface area contributed by atoms with Crippen molar-refractivity contribution in [3.05, 3.63) is 65.6 Å². The number of piperazine rings is 1. The summed E-state index contributed by atoms with van der Waals surface area (Å²) in [5, 5.41) is 11.1. The van der Waals surface area contributed by atoms with Crippen molar-refractivity contribution in [2.75, 3.05) is 31.1 Å². The Labute approximate surface area is 157 Å². The maximum atomic E-state index is 12.8. The summed E-state index contributed by atoms with van der Waals surface area (Å²) in [5.41, 5.74) is 2.92. The normalized spacial score (nSPS) is 14.4. The second kappa shape index (κ2) is 7.53. The lowest BCUT2D eigenvalue weighted by molar-refractivity contribution is 0.0746. The van der Waals surface area contributed by atoms with Gasteiger partial charge >= 0.3 is 0 Å². The average molecular weight is 363 g/mol. The van der Waals surface area contributed by atoms with E-state index >= 15 is 0 Å². The highest BCUT2D eigenvalue weighted by Gasteiger charge is 2.23. The van der Waals surface area contributed by atoms with E-state index in [1.807, 2.05) is 41.4 Å². The molecule has 3 aromatic rings. The number of aryl methyl sites for hydroxylation is 1. The fourth-order valence-corrected chi connectivity index (χ4v) is 3.30. The van der Waals surface area contributed by atoms with Crippen molar-refractivity contribution < 1.29 is 4.79 Å². The van der Waals surface area contributed by atoms with Crippen molar-refractivity contribution in [2.45, 2.75) is 13.5 Å². The number of aromatic nitrogens is 5. The number of hydrogen-bond donors (Lipinski definition) is 0. The van der Waals surface area contributed by atoms with Crippen molar-refractivity contribution in [3.8, 4) is 0 Å². The molecule has 1 aromatic carbocycles. The smallest absolute Gasteiger partial charge is 0.253 e. The number of hydrogen-bond acceptors (Lipinski definition) is 6. The summed E-state index contributed by atoms with van der Waals surface area (Å²) in [6.45, 7) is 5.63. The Morgan fingerprint density at radius 3 is 2.52 bits per heavy atom. The van der Waals surface area contributed by atoms with Gasteiger partial charge in [-0.1, -0.05) is 18.2 Å². The van der Waals surface area contributed by atoms with E-state index in [4.69, 9.17) is 0 Å². The fourth-order valence-electron chi connectivity index (χ4n) is 3.30. The maximum Gasteiger partial charge on any atom is 0.253 e. The number of amides is 1. The number of rotatable bonds is 4. The predicted octanol–water partition coefficient (Wildman–Crippen LogP) is 1.39. The summed E-state index contributed by atoms with van der Waals surface area (Å²) < 4.78 is 1.65. The molecule has 0 N–H and O–H groups in total. The second-order valence-corrected chi connectivity index (χ2v) is 6.63. The number of tetrazole rings is 1. The van der Waals surface area contributed by atoms with Crippen LogP contribution in [0.2, 0.25) is 0 Å². The van der Waals surface area contributed by atoms with Gasteiger partial charge in [0, 0.05) is 37.9 Å². The van der Waals surface area contributed by atoms with Gasteiger partial charge in [-0.05, 0) is 46.7 Å². The molecule has 8 nitrogen and oxygen atoms in total. The largest absolute Gasteiger partial charge is 0.353 e. The molecule has 4 rings (SSSR count). The lowest BCUT2D eigenvalue weighted by Gasteiger charge is -2.36. The fraction of sp³-hybridized carbons (Fsp3) is 0.316. The Morgan fingerprint density at radius 1 is 1.07 bits per heavy atom. The molecule has 2 aromatic heterocycles. The Balaban J connectivity index is 1.37. The van der Waals surface area contributed by atoms with E-state index < -0.39 is 0 Å². The predicted molar refractivity (Wildman–Crippen MR) is 100 cm³/mol. The Morgan fingerprint density at radius 2 is 1.85 bits per heavy atom. The standard InChI is InChI=1S/C19H21N7O/c1-15-3-2-8-20-18(15)24-9-11-25(12-10-24)19(27)17-6-4-16(5-7-17)13-26-14-21-22-23-26/h2-8,14H,9-13H2,1H3. The van der Waals surface area contributed by atoms with Gasteiger partial charge in [0.05, 0.1) is 6.54 Å². The van der Waals surface area contributed by atoms with Gasteiger partial charge in [-0.3, -0.25) is 4.79 Å². The minimum Gasteiger partial charge on any atom is -0.353 e. The van der Waals surface area contributed by atoms with Crippen LogP contribution in [0, 0.1) is 6.92 Å². The van der Waals surface area contributed by atoms with E-state index in [0.717, 1.165) is 30.0 Å². The monoisotopic (exact) mass is 363 g/mol. The van der Waals surface area contributed by atoms with Crippen LogP contribution in [0.5, 0.6) is 0 Å². The molecule has 3 heterocycles. The quantitative estimate of drug-likeness (QED) is 0.697. The number of anilines is 1. The van der Waals surface area contributed by atoms with Gasteiger partial charge in [0.2, 0.25) is 0 Å². The summed E-state index contributed by atoms with van der Waals surface area (Å²) in [5.74, 6) is 1.08. The van der Waals surface area contributed by atoms with Gasteiger partial charge in [-0.15, -0.1) is 5.10 Å². The minimum atomic E-state index is 0.0707. The van der Waals surface area contributed by atoms with Crippen molar-refractivity contribution in [1.82, 2.24) is 30.1 Å². The Hall–Kier alpha value is -3.29. The molecule has 1 fully saturated rings. The van der Waals surface area contributed by atoms with E-state index in [2.05, 4.69) is 38.4 Å². The second-order valence-electron chi connectivity index (χ2n) is 6.63. The lowest BCUT2D eigenvalue weighted by atomic mass is 10.1. The van der Waals surface area contributed by atoms with Crippen LogP contribution in [0.1, 0.15) is 21.5 Å². The zero-order chi connectivity index (χ0) is 18.6. The molecule has 1 amide bonds. The highest BCUT2D eigenvalue weighted by molar-refractivity contribution is 5.94.